The van der Waals surface area contributed by atoms with Crippen LogP contribution in [0.25, 0.3) is 0 Å². The Balaban J connectivity index is 1.52. The van der Waals surface area contributed by atoms with Gasteiger partial charge in [-0.3, -0.25) is 0 Å². The summed E-state index contributed by atoms with van der Waals surface area (Å²) in [6.07, 6.45) is 2.08. The zero-order valence-corrected chi connectivity index (χ0v) is 26.3. The molecular weight excluding hydrogens is 689 g/mol. The molecule has 1 saturated carbocycles. The number of nitrogens with one attached hydrogen (secondary N) is 2. The zero-order valence-electron chi connectivity index (χ0n) is 22.5. The van der Waals surface area contributed by atoms with E-state index in [1.165, 1.54) is 18.2 Å². The zero-order chi connectivity index (χ0) is 29.5. The van der Waals surface area contributed by atoms with Crippen LogP contribution < -0.4 is 31.5 Å². The Morgan fingerprint density at radius 3 is 2.59 bits per heavy atom. The van der Waals surface area contributed by atoms with Gasteiger partial charge in [-0.2, -0.15) is 0 Å². The van der Waals surface area contributed by atoms with Crippen LogP contribution in [-0.4, -0.2) is 70.8 Å². The van der Waals surface area contributed by atoms with Gasteiger partial charge in [0.15, 0.2) is 0 Å². The van der Waals surface area contributed by atoms with Crippen LogP contribution in [0, 0.1) is 8.48 Å². The van der Waals surface area contributed by atoms with Crippen LogP contribution in [-0.2, 0) is 14.8 Å². The number of anilines is 1. The first-order valence-corrected chi connectivity index (χ1v) is 18.1. The molecule has 1 saturated heterocycles. The van der Waals surface area contributed by atoms with Crippen LogP contribution >= 0.6 is 11.8 Å². The van der Waals surface area contributed by atoms with Gasteiger partial charge < -0.3 is 0 Å². The van der Waals surface area contributed by atoms with Gasteiger partial charge in [-0.1, -0.05) is 0 Å². The molecule has 0 bridgehead atoms. The fraction of sp³-hybridized carbons (Fsp3) is 0.519. The number of carbonyl (C=O) groups is 1. The predicted octanol–water partition coefficient (Wildman–Crippen LogP) is 1.51. The number of nitrogens with zero attached hydrogens (tertiary/aromatic N) is 2. The van der Waals surface area contributed by atoms with Crippen LogP contribution in [0.5, 0.6) is 0 Å². The van der Waals surface area contributed by atoms with Gasteiger partial charge in [0.1, 0.15) is 0 Å². The Morgan fingerprint density at radius 1 is 1.20 bits per heavy atom. The molecule has 0 aromatic heterocycles. The molecule has 2 aliphatic rings. The molecule has 1 aliphatic carbocycles. The third kappa shape index (κ3) is 9.22. The van der Waals surface area contributed by atoms with Crippen LogP contribution in [0.1, 0.15) is 44.9 Å². The van der Waals surface area contributed by atoms with Gasteiger partial charge in [0.25, 0.3) is 0 Å². The van der Waals surface area contributed by atoms with Crippen molar-refractivity contribution in [2.75, 3.05) is 30.7 Å². The van der Waals surface area contributed by atoms with Crippen molar-refractivity contribution in [2.24, 2.45) is 0 Å². The first kappa shape index (κ1) is 31.9. The first-order valence-electron chi connectivity index (χ1n) is 13.6. The Labute approximate surface area is 254 Å². The number of thioether (sulfide) groups is 1. The fourth-order valence-electron chi connectivity index (χ4n) is 5.00. The number of alkyl halides is 2. The minimum absolute atomic E-state index is 0.0324. The van der Waals surface area contributed by atoms with E-state index in [-0.39, 0.29) is 26.9 Å². The molecule has 226 valence electrons. The summed E-state index contributed by atoms with van der Waals surface area (Å²) in [4.78, 5) is 27.1. The number of benzene rings is 2. The third-order valence-electron chi connectivity index (χ3n) is 7.26. The van der Waals surface area contributed by atoms with Gasteiger partial charge >= 0.3 is 255 Å². The predicted molar refractivity (Wildman–Crippen MR) is 148 cm³/mol. The molecule has 2 atom stereocenters. The molecule has 1 amide bonds. The average Bonchev–Trinajstić information content (AvgIpc) is 3.36. The Kier molecular flexibility index (Phi) is 11.2. The quantitative estimate of drug-likeness (QED) is 0.123. The summed E-state index contributed by atoms with van der Waals surface area (Å²) in [6, 6.07) is 13.7. The summed E-state index contributed by atoms with van der Waals surface area (Å²) < 4.78 is 56.8. The van der Waals surface area contributed by atoms with Gasteiger partial charge in [0, 0.05) is 0 Å². The van der Waals surface area contributed by atoms with E-state index in [1.54, 1.807) is 11.8 Å². The number of hydrogen-bond acceptors (Lipinski definition) is 7. The first-order chi connectivity index (χ1) is 19.5. The van der Waals surface area contributed by atoms with Crippen molar-refractivity contribution >= 4 is 33.4 Å². The van der Waals surface area contributed by atoms with E-state index in [0.29, 0.717) is 60.3 Å². The van der Waals surface area contributed by atoms with Gasteiger partial charge in [0.2, 0.25) is 0 Å². The molecule has 2 fully saturated rings. The fourth-order valence-corrected chi connectivity index (χ4v) is 8.78. The number of amides is 1. The number of carbonyl (C=O) groups excluding carboxylic acids is 1. The molecule has 2 aromatic carbocycles. The minimum atomic E-state index is -4.42. The Morgan fingerprint density at radius 2 is 1.93 bits per heavy atom. The van der Waals surface area contributed by atoms with Crippen molar-refractivity contribution in [2.45, 2.75) is 72.6 Å². The molecule has 14 heteroatoms. The number of sulfonamides is 1. The second-order valence-electron chi connectivity index (χ2n) is 10.4. The molecular formula is C27H35F2IN4O5S2. The number of rotatable bonds is 13. The maximum absolute atomic E-state index is 15.1. The number of hydrogen-bond donors (Lipinski definition) is 3. The van der Waals surface area contributed by atoms with E-state index < -0.39 is 49.2 Å². The monoisotopic (exact) mass is 724 g/mol. The van der Waals surface area contributed by atoms with Crippen LogP contribution in [0.3, 0.4) is 0 Å². The van der Waals surface area contributed by atoms with Crippen LogP contribution in [0.15, 0.2) is 58.3 Å². The average molecular weight is 725 g/mol. The van der Waals surface area contributed by atoms with E-state index in [1.807, 2.05) is 35.1 Å². The van der Waals surface area contributed by atoms with Crippen LogP contribution in [0.4, 0.5) is 14.5 Å². The van der Waals surface area contributed by atoms with Crippen molar-refractivity contribution in [3.8, 4) is 0 Å². The summed E-state index contributed by atoms with van der Waals surface area (Å²) >= 11 is -0.0912. The SMILES string of the molecule is O=C(NS(=O)(=O)c1ccc(N[C@H](CCN2CC[C@@H](F)C2)CSc2ccccc2)c([I-][N+](=O)O)c1)C1(F)CCCCC1. The molecule has 0 spiro atoms. The van der Waals surface area contributed by atoms with Gasteiger partial charge in [-0.05, 0) is 0 Å². The molecule has 1 heterocycles. The van der Waals surface area contributed by atoms with Crippen molar-refractivity contribution in [3.05, 3.63) is 57.0 Å². The topological polar surface area (TPSA) is 119 Å². The molecule has 2 aromatic rings. The Bertz CT molecular complexity index is 1320. The third-order valence-corrected chi connectivity index (χ3v) is 11.6. The van der Waals surface area contributed by atoms with Crippen LogP contribution in [0.2, 0.25) is 0 Å². The van der Waals surface area contributed by atoms with Gasteiger partial charge in [-0.15, -0.1) is 0 Å². The van der Waals surface area contributed by atoms with Gasteiger partial charge in [0.05, 0.1) is 0 Å². The van der Waals surface area contributed by atoms with E-state index in [2.05, 4.69) is 10.2 Å². The molecule has 0 unspecified atom stereocenters. The summed E-state index contributed by atoms with van der Waals surface area (Å²) in [7, 11) is -4.42. The van der Waals surface area contributed by atoms with E-state index in [9.17, 15) is 27.7 Å². The van der Waals surface area contributed by atoms with Crippen molar-refractivity contribution in [1.82, 2.24) is 9.62 Å². The molecule has 0 radical (unpaired) electrons. The normalized spacial score (nSPS) is 20.0. The summed E-state index contributed by atoms with van der Waals surface area (Å²) in [5.74, 6) is -0.539. The standard InChI is InChI=1S/C27H35F2IN4O5S2/c28-20-11-15-33(18-20)16-12-21(19-40-22-7-3-1-4-8-22)31-25-10-9-23(17-24(25)30-34(36)37)41(38,39)32-26(35)27(29)13-5-2-6-14-27/h1,3-4,7-10,17,20-21,31H,2,5-6,11-16,18-19H2,(H,32,35)(H,36,37)/t20-,21-/m1/s1. The molecule has 3 N–H and O–H groups in total. The second-order valence-corrected chi connectivity index (χ2v) is 15.6. The number of likely N-dealkylation sites (tertiary alicyclic amines) is 1. The second kappa shape index (κ2) is 14.4. The summed E-state index contributed by atoms with van der Waals surface area (Å²) in [6.45, 7) is 1.74. The molecule has 9 nitrogen and oxygen atoms in total. The molecule has 1 aliphatic heterocycles. The van der Waals surface area contributed by atoms with E-state index in [0.717, 1.165) is 11.3 Å². The van der Waals surface area contributed by atoms with Crippen molar-refractivity contribution in [3.63, 3.8) is 0 Å². The summed E-state index contributed by atoms with van der Waals surface area (Å²) in [5, 5.41) is 12.9. The molecule has 41 heavy (non-hydrogen) atoms. The Hall–Kier alpha value is -2.04. The maximum atomic E-state index is 15.1. The molecule has 4 rings (SSSR count). The van der Waals surface area contributed by atoms with Gasteiger partial charge in [-0.25, -0.2) is 0 Å². The van der Waals surface area contributed by atoms with Crippen molar-refractivity contribution < 1.29 is 51.8 Å². The number of halogens is 3. The van der Waals surface area contributed by atoms with E-state index in [4.69, 9.17) is 0 Å². The summed E-state index contributed by atoms with van der Waals surface area (Å²) in [5.41, 5.74) is -1.75. The van der Waals surface area contributed by atoms with Crippen molar-refractivity contribution in [1.29, 1.82) is 0 Å². The van der Waals surface area contributed by atoms with E-state index >= 15 is 4.39 Å².